The summed E-state index contributed by atoms with van der Waals surface area (Å²) in [7, 11) is 0. The zero-order chi connectivity index (χ0) is 18.1. The van der Waals surface area contributed by atoms with Crippen molar-refractivity contribution in [3.8, 4) is 0 Å². The summed E-state index contributed by atoms with van der Waals surface area (Å²) >= 11 is 0. The number of oxime groups is 1. The monoisotopic (exact) mass is 334 g/mol. The van der Waals surface area contributed by atoms with Crippen LogP contribution < -0.4 is 5.32 Å². The van der Waals surface area contributed by atoms with E-state index in [1.54, 1.807) is 39.1 Å². The molecule has 0 aromatic carbocycles. The van der Waals surface area contributed by atoms with Crippen LogP contribution in [0, 0.1) is 16.0 Å². The molecule has 1 heterocycles. The van der Waals surface area contributed by atoms with Crippen LogP contribution in [0.3, 0.4) is 0 Å². The van der Waals surface area contributed by atoms with E-state index >= 15 is 0 Å². The third kappa shape index (κ3) is 5.45. The number of rotatable bonds is 8. The maximum Gasteiger partial charge on any atom is 0.253 e. The first kappa shape index (κ1) is 19.3. The Kier molecular flexibility index (Phi) is 7.54. The van der Waals surface area contributed by atoms with Crippen molar-refractivity contribution in [3.05, 3.63) is 51.9 Å². The lowest BCUT2D eigenvalue weighted by molar-refractivity contribution is -0.520. The zero-order valence-electron chi connectivity index (χ0n) is 14.0. The molecule has 1 aromatic rings. The first-order valence-electron chi connectivity index (χ1n) is 7.63. The topological polar surface area (TPSA) is 118 Å². The number of pyridine rings is 1. The number of amides is 1. The van der Waals surface area contributed by atoms with Gasteiger partial charge in [-0.25, -0.2) is 0 Å². The number of hydrogen-bond acceptors (Lipinski definition) is 6. The van der Waals surface area contributed by atoms with Gasteiger partial charge in [0, 0.05) is 28.8 Å². The molecule has 0 saturated heterocycles. The van der Waals surface area contributed by atoms with Crippen LogP contribution in [0.4, 0.5) is 0 Å². The Labute approximate surface area is 140 Å². The molecule has 0 fully saturated rings. The van der Waals surface area contributed by atoms with E-state index in [9.17, 15) is 14.9 Å². The molecular weight excluding hydrogens is 312 g/mol. The Morgan fingerprint density at radius 1 is 1.54 bits per heavy atom. The molecule has 0 saturated carbocycles. The van der Waals surface area contributed by atoms with Crippen molar-refractivity contribution in [1.29, 1.82) is 0 Å². The maximum absolute atomic E-state index is 12.0. The van der Waals surface area contributed by atoms with E-state index in [4.69, 9.17) is 5.21 Å². The van der Waals surface area contributed by atoms with E-state index in [1.807, 2.05) is 0 Å². The van der Waals surface area contributed by atoms with Gasteiger partial charge in [0.05, 0.1) is 17.8 Å². The summed E-state index contributed by atoms with van der Waals surface area (Å²) in [4.78, 5) is 26.7. The average Bonchev–Trinajstić information content (AvgIpc) is 2.57. The van der Waals surface area contributed by atoms with E-state index < -0.39 is 6.04 Å². The molecular formula is C16H22N4O4. The summed E-state index contributed by atoms with van der Waals surface area (Å²) in [6, 6.07) is 2.38. The number of carbonyl (C=O) groups excluding carboxylic acids is 1. The first-order chi connectivity index (χ1) is 11.4. The van der Waals surface area contributed by atoms with Crippen LogP contribution in [0.5, 0.6) is 0 Å². The van der Waals surface area contributed by atoms with Gasteiger partial charge in [-0.05, 0) is 24.6 Å². The highest BCUT2D eigenvalue weighted by atomic mass is 16.6. The Balaban J connectivity index is 2.85. The second-order valence-corrected chi connectivity index (χ2v) is 5.56. The smallest absolute Gasteiger partial charge is 0.253 e. The SMILES string of the molecule is CC/C(=C\C(CNC(=O)c1cccnc1)=N/O)C(C(C)C)[N+](=O)[O-]. The Morgan fingerprint density at radius 3 is 2.71 bits per heavy atom. The van der Waals surface area contributed by atoms with Crippen molar-refractivity contribution >= 4 is 11.6 Å². The molecule has 0 radical (unpaired) electrons. The normalized spacial score (nSPS) is 13.7. The summed E-state index contributed by atoms with van der Waals surface area (Å²) in [5.41, 5.74) is 1.06. The van der Waals surface area contributed by atoms with Gasteiger partial charge >= 0.3 is 0 Å². The van der Waals surface area contributed by atoms with Gasteiger partial charge in [-0.1, -0.05) is 25.9 Å². The van der Waals surface area contributed by atoms with E-state index in [0.717, 1.165) is 0 Å². The number of nitrogens with one attached hydrogen (secondary N) is 1. The minimum Gasteiger partial charge on any atom is -0.411 e. The molecule has 0 aliphatic rings. The minimum atomic E-state index is -0.860. The predicted octanol–water partition coefficient (Wildman–Crippen LogP) is 2.28. The van der Waals surface area contributed by atoms with Gasteiger partial charge in [0.15, 0.2) is 0 Å². The van der Waals surface area contributed by atoms with E-state index in [-0.39, 0.29) is 29.0 Å². The Morgan fingerprint density at radius 2 is 2.25 bits per heavy atom. The van der Waals surface area contributed by atoms with Crippen molar-refractivity contribution in [2.45, 2.75) is 33.2 Å². The second-order valence-electron chi connectivity index (χ2n) is 5.56. The fourth-order valence-electron chi connectivity index (χ4n) is 2.30. The van der Waals surface area contributed by atoms with Crippen molar-refractivity contribution in [2.75, 3.05) is 6.54 Å². The van der Waals surface area contributed by atoms with Crippen molar-refractivity contribution in [2.24, 2.45) is 11.1 Å². The molecule has 8 nitrogen and oxygen atoms in total. The van der Waals surface area contributed by atoms with E-state index in [2.05, 4.69) is 15.5 Å². The Hall–Kier alpha value is -2.77. The first-order valence-corrected chi connectivity index (χ1v) is 7.63. The van der Waals surface area contributed by atoms with Gasteiger partial charge in [-0.3, -0.25) is 19.9 Å². The van der Waals surface area contributed by atoms with Crippen LogP contribution in [0.2, 0.25) is 0 Å². The number of carbonyl (C=O) groups is 1. The van der Waals surface area contributed by atoms with Crippen LogP contribution in [0.15, 0.2) is 41.3 Å². The van der Waals surface area contributed by atoms with E-state index in [1.165, 1.54) is 12.3 Å². The van der Waals surface area contributed by atoms with Crippen LogP contribution in [-0.4, -0.2) is 39.3 Å². The highest BCUT2D eigenvalue weighted by Crippen LogP contribution is 2.18. The highest BCUT2D eigenvalue weighted by Gasteiger charge is 2.28. The minimum absolute atomic E-state index is 0.0454. The molecule has 1 rings (SSSR count). The fourth-order valence-corrected chi connectivity index (χ4v) is 2.30. The third-order valence-corrected chi connectivity index (χ3v) is 3.48. The molecule has 0 bridgehead atoms. The predicted molar refractivity (Wildman–Crippen MR) is 89.8 cm³/mol. The standard InChI is InChI=1S/C16H22N4O4/c1-4-12(15(11(2)3)20(23)24)8-14(19-22)10-18-16(21)13-6-5-7-17-9-13/h5-9,11,15,22H,4,10H2,1-3H3,(H,18,21)/b12-8+,19-14+. The lowest BCUT2D eigenvalue weighted by Crippen LogP contribution is -2.31. The summed E-state index contributed by atoms with van der Waals surface area (Å²) in [6.07, 6.45) is 4.88. The number of nitro groups is 1. The highest BCUT2D eigenvalue weighted by molar-refractivity contribution is 6.01. The second kappa shape index (κ2) is 9.39. The quantitative estimate of drug-likeness (QED) is 0.327. The lowest BCUT2D eigenvalue weighted by atomic mass is 9.93. The van der Waals surface area contributed by atoms with Crippen LogP contribution in [-0.2, 0) is 0 Å². The van der Waals surface area contributed by atoms with Crippen molar-refractivity contribution in [1.82, 2.24) is 10.3 Å². The third-order valence-electron chi connectivity index (χ3n) is 3.48. The maximum atomic E-state index is 12.0. The lowest BCUT2D eigenvalue weighted by Gasteiger charge is -2.16. The molecule has 130 valence electrons. The molecule has 1 unspecified atom stereocenters. The summed E-state index contributed by atoms with van der Waals surface area (Å²) in [5, 5.41) is 26.1. The molecule has 0 spiro atoms. The summed E-state index contributed by atoms with van der Waals surface area (Å²) in [5.74, 6) is -0.568. The zero-order valence-corrected chi connectivity index (χ0v) is 14.0. The van der Waals surface area contributed by atoms with Gasteiger partial charge in [0.1, 0.15) is 0 Å². The molecule has 0 aliphatic carbocycles. The number of hydrogen-bond donors (Lipinski definition) is 2. The van der Waals surface area contributed by atoms with Gasteiger partial charge in [0.25, 0.3) is 5.91 Å². The van der Waals surface area contributed by atoms with Gasteiger partial charge in [-0.15, -0.1) is 0 Å². The molecule has 1 amide bonds. The van der Waals surface area contributed by atoms with Crippen LogP contribution >= 0.6 is 0 Å². The van der Waals surface area contributed by atoms with E-state index in [0.29, 0.717) is 17.6 Å². The van der Waals surface area contributed by atoms with Crippen LogP contribution in [0.1, 0.15) is 37.6 Å². The molecule has 8 heteroatoms. The molecule has 0 aliphatic heterocycles. The Bertz CT molecular complexity index is 626. The fraction of sp³-hybridized carbons (Fsp3) is 0.438. The summed E-state index contributed by atoms with van der Waals surface area (Å²) < 4.78 is 0. The van der Waals surface area contributed by atoms with Crippen molar-refractivity contribution in [3.63, 3.8) is 0 Å². The van der Waals surface area contributed by atoms with Gasteiger partial charge < -0.3 is 10.5 Å². The molecule has 1 aromatic heterocycles. The van der Waals surface area contributed by atoms with Crippen LogP contribution in [0.25, 0.3) is 0 Å². The van der Waals surface area contributed by atoms with Gasteiger partial charge in [-0.2, -0.15) is 0 Å². The molecule has 2 N–H and O–H groups in total. The van der Waals surface area contributed by atoms with Gasteiger partial charge in [0.2, 0.25) is 6.04 Å². The number of nitrogens with zero attached hydrogens (tertiary/aromatic N) is 3. The van der Waals surface area contributed by atoms with Crippen molar-refractivity contribution < 1.29 is 14.9 Å². The summed E-state index contributed by atoms with van der Waals surface area (Å²) in [6.45, 7) is 5.28. The average molecular weight is 334 g/mol. The molecule has 24 heavy (non-hydrogen) atoms. The largest absolute Gasteiger partial charge is 0.411 e. The number of aromatic nitrogens is 1. The molecule has 1 atom stereocenters.